The second-order valence-corrected chi connectivity index (χ2v) is 7.20. The van der Waals surface area contributed by atoms with Gasteiger partial charge in [0.25, 0.3) is 5.91 Å². The van der Waals surface area contributed by atoms with Gasteiger partial charge in [0.1, 0.15) is 11.5 Å². The molecule has 0 atom stereocenters. The highest BCUT2D eigenvalue weighted by atomic mass is 16.2. The third-order valence-corrected chi connectivity index (χ3v) is 5.13. The van der Waals surface area contributed by atoms with Crippen LogP contribution in [-0.4, -0.2) is 45.0 Å². The van der Waals surface area contributed by atoms with E-state index in [0.717, 1.165) is 11.4 Å². The molecule has 0 spiro atoms. The first kappa shape index (κ1) is 16.8. The van der Waals surface area contributed by atoms with E-state index in [9.17, 15) is 9.59 Å². The maximum atomic E-state index is 12.6. The topological polar surface area (TPSA) is 91.0 Å². The number of aromatic nitrogens is 3. The Morgan fingerprint density at radius 2 is 1.96 bits per heavy atom. The van der Waals surface area contributed by atoms with Crippen molar-refractivity contribution < 1.29 is 9.59 Å². The van der Waals surface area contributed by atoms with E-state index in [1.54, 1.807) is 11.0 Å². The molecular weight excluding hydrogens is 330 g/mol. The molecule has 1 saturated carbocycles. The number of aromatic amines is 1. The van der Waals surface area contributed by atoms with Crippen LogP contribution in [0.4, 0.5) is 5.82 Å². The van der Waals surface area contributed by atoms with E-state index >= 15 is 0 Å². The number of amides is 2. The maximum Gasteiger partial charge on any atom is 0.274 e. The molecule has 1 aliphatic heterocycles. The van der Waals surface area contributed by atoms with Crippen LogP contribution in [0.25, 0.3) is 0 Å². The van der Waals surface area contributed by atoms with Gasteiger partial charge in [-0.1, -0.05) is 6.07 Å². The van der Waals surface area contributed by atoms with Crippen LogP contribution in [0.15, 0.2) is 24.3 Å². The molecule has 2 fully saturated rings. The number of carbonyl (C=O) groups excluding carboxylic acids is 2. The van der Waals surface area contributed by atoms with E-state index in [1.807, 2.05) is 25.1 Å². The number of nitrogens with zero attached hydrogens (tertiary/aromatic N) is 3. The number of anilines is 1. The average Bonchev–Trinajstić information content (AvgIpc) is 3.38. The Morgan fingerprint density at radius 3 is 2.65 bits per heavy atom. The summed E-state index contributed by atoms with van der Waals surface area (Å²) in [5.74, 6) is 0.965. The Bertz CT molecular complexity index is 819. The molecule has 1 aliphatic carbocycles. The summed E-state index contributed by atoms with van der Waals surface area (Å²) >= 11 is 0. The lowest BCUT2D eigenvalue weighted by molar-refractivity contribution is -0.121. The molecule has 0 radical (unpaired) electrons. The van der Waals surface area contributed by atoms with Crippen molar-refractivity contribution in [3.05, 3.63) is 41.3 Å². The highest BCUT2D eigenvalue weighted by Gasteiger charge is 2.31. The minimum Gasteiger partial charge on any atom is -0.337 e. The molecule has 2 aromatic rings. The normalized spacial score (nSPS) is 18.0. The van der Waals surface area contributed by atoms with Crippen LogP contribution in [0.5, 0.6) is 0 Å². The van der Waals surface area contributed by atoms with Crippen LogP contribution >= 0.6 is 0 Å². The van der Waals surface area contributed by atoms with Crippen molar-refractivity contribution in [3.8, 4) is 0 Å². The van der Waals surface area contributed by atoms with Crippen LogP contribution in [-0.2, 0) is 4.79 Å². The lowest BCUT2D eigenvalue weighted by Gasteiger charge is -2.30. The molecule has 0 unspecified atom stereocenters. The number of carbonyl (C=O) groups is 2. The predicted octanol–water partition coefficient (Wildman–Crippen LogP) is 2.48. The van der Waals surface area contributed by atoms with Gasteiger partial charge in [0.15, 0.2) is 0 Å². The standard InChI is InChI=1S/C19H23N5O2/c1-12-3-2-4-17(20-12)21-18(25)14-7-9-24(10-8-14)19(26)16-11-15(22-23-16)13-5-6-13/h2-4,11,13-14H,5-10H2,1H3,(H,22,23)(H,20,21,25). The zero-order valence-corrected chi connectivity index (χ0v) is 14.9. The highest BCUT2D eigenvalue weighted by Crippen LogP contribution is 2.39. The summed E-state index contributed by atoms with van der Waals surface area (Å²) in [6.07, 6.45) is 3.66. The number of rotatable bonds is 4. The molecule has 2 amide bonds. The number of aryl methyl sites for hydroxylation is 1. The number of piperidine rings is 1. The Hall–Kier alpha value is -2.70. The minimum absolute atomic E-state index is 0.0222. The zero-order chi connectivity index (χ0) is 18.1. The second kappa shape index (κ2) is 6.90. The fourth-order valence-electron chi connectivity index (χ4n) is 3.40. The van der Waals surface area contributed by atoms with Gasteiger partial charge >= 0.3 is 0 Å². The minimum atomic E-state index is -0.0948. The fraction of sp³-hybridized carbons (Fsp3) is 0.474. The van der Waals surface area contributed by atoms with Crippen molar-refractivity contribution in [3.63, 3.8) is 0 Å². The summed E-state index contributed by atoms with van der Waals surface area (Å²) in [5.41, 5.74) is 2.42. The molecule has 26 heavy (non-hydrogen) atoms. The molecule has 0 aromatic carbocycles. The Morgan fingerprint density at radius 1 is 1.19 bits per heavy atom. The summed E-state index contributed by atoms with van der Waals surface area (Å²) in [7, 11) is 0. The number of nitrogens with one attached hydrogen (secondary N) is 2. The van der Waals surface area contributed by atoms with Gasteiger partial charge in [0.05, 0.1) is 0 Å². The molecule has 2 aromatic heterocycles. The molecule has 4 rings (SSSR count). The van der Waals surface area contributed by atoms with Crippen molar-refractivity contribution in [2.24, 2.45) is 5.92 Å². The van der Waals surface area contributed by atoms with Gasteiger partial charge in [0, 0.05) is 36.3 Å². The smallest absolute Gasteiger partial charge is 0.274 e. The molecule has 0 bridgehead atoms. The fourth-order valence-corrected chi connectivity index (χ4v) is 3.40. The third kappa shape index (κ3) is 3.61. The predicted molar refractivity (Wildman–Crippen MR) is 96.8 cm³/mol. The van der Waals surface area contributed by atoms with E-state index < -0.39 is 0 Å². The van der Waals surface area contributed by atoms with Gasteiger partial charge < -0.3 is 10.2 Å². The number of hydrogen-bond acceptors (Lipinski definition) is 4. The van der Waals surface area contributed by atoms with Crippen LogP contribution in [0, 0.1) is 12.8 Å². The lowest BCUT2D eigenvalue weighted by Crippen LogP contribution is -2.41. The van der Waals surface area contributed by atoms with Gasteiger partial charge in [0.2, 0.25) is 5.91 Å². The van der Waals surface area contributed by atoms with Crippen LogP contribution < -0.4 is 5.32 Å². The van der Waals surface area contributed by atoms with E-state index in [2.05, 4.69) is 20.5 Å². The largest absolute Gasteiger partial charge is 0.337 e. The molecular formula is C19H23N5O2. The van der Waals surface area contributed by atoms with Gasteiger partial charge in [-0.05, 0) is 50.8 Å². The van der Waals surface area contributed by atoms with E-state index in [1.165, 1.54) is 12.8 Å². The van der Waals surface area contributed by atoms with Gasteiger partial charge in [-0.15, -0.1) is 0 Å². The summed E-state index contributed by atoms with van der Waals surface area (Å²) in [6, 6.07) is 7.43. The van der Waals surface area contributed by atoms with Crippen molar-refractivity contribution in [2.75, 3.05) is 18.4 Å². The van der Waals surface area contributed by atoms with Crippen molar-refractivity contribution in [1.29, 1.82) is 0 Å². The zero-order valence-electron chi connectivity index (χ0n) is 14.9. The van der Waals surface area contributed by atoms with Crippen molar-refractivity contribution >= 4 is 17.6 Å². The lowest BCUT2D eigenvalue weighted by atomic mass is 9.95. The monoisotopic (exact) mass is 353 g/mol. The molecule has 2 aliphatic rings. The SMILES string of the molecule is Cc1cccc(NC(=O)C2CCN(C(=O)c3cc(C4CC4)[nH]n3)CC2)n1. The van der Waals surface area contributed by atoms with Crippen molar-refractivity contribution in [2.45, 2.75) is 38.5 Å². The molecule has 136 valence electrons. The molecule has 1 saturated heterocycles. The highest BCUT2D eigenvalue weighted by molar-refractivity contribution is 5.94. The maximum absolute atomic E-state index is 12.6. The third-order valence-electron chi connectivity index (χ3n) is 5.13. The molecule has 2 N–H and O–H groups in total. The first-order valence-electron chi connectivity index (χ1n) is 9.19. The first-order valence-corrected chi connectivity index (χ1v) is 9.19. The van der Waals surface area contributed by atoms with Crippen LogP contribution in [0.1, 0.15) is 53.5 Å². The molecule has 3 heterocycles. The number of H-pyrrole nitrogens is 1. The molecule has 7 heteroatoms. The Kier molecular flexibility index (Phi) is 4.44. The Balaban J connectivity index is 1.31. The second-order valence-electron chi connectivity index (χ2n) is 7.20. The Labute approximate surface area is 152 Å². The number of likely N-dealkylation sites (tertiary alicyclic amines) is 1. The number of pyridine rings is 1. The van der Waals surface area contributed by atoms with Crippen LogP contribution in [0.2, 0.25) is 0 Å². The van der Waals surface area contributed by atoms with Crippen LogP contribution in [0.3, 0.4) is 0 Å². The quantitative estimate of drug-likeness (QED) is 0.883. The average molecular weight is 353 g/mol. The molecule has 7 nitrogen and oxygen atoms in total. The summed E-state index contributed by atoms with van der Waals surface area (Å²) in [6.45, 7) is 3.04. The summed E-state index contributed by atoms with van der Waals surface area (Å²) < 4.78 is 0. The van der Waals surface area contributed by atoms with E-state index in [-0.39, 0.29) is 17.7 Å². The van der Waals surface area contributed by atoms with Gasteiger partial charge in [-0.3, -0.25) is 14.7 Å². The van der Waals surface area contributed by atoms with Crippen molar-refractivity contribution in [1.82, 2.24) is 20.1 Å². The van der Waals surface area contributed by atoms with Gasteiger partial charge in [-0.25, -0.2) is 4.98 Å². The number of hydrogen-bond donors (Lipinski definition) is 2. The van der Waals surface area contributed by atoms with E-state index in [0.29, 0.717) is 43.4 Å². The van der Waals surface area contributed by atoms with E-state index in [4.69, 9.17) is 0 Å². The van der Waals surface area contributed by atoms with Gasteiger partial charge in [-0.2, -0.15) is 5.10 Å². The summed E-state index contributed by atoms with van der Waals surface area (Å²) in [4.78, 5) is 31.1. The summed E-state index contributed by atoms with van der Waals surface area (Å²) in [5, 5.41) is 10.0. The first-order chi connectivity index (χ1) is 12.6.